The molecular weight excluding hydrogens is 294 g/mol. The molecule has 3 N–H and O–H groups in total. The van der Waals surface area contributed by atoms with Gasteiger partial charge in [-0.25, -0.2) is 4.98 Å². The number of hydrogen-bond acceptors (Lipinski definition) is 2. The van der Waals surface area contributed by atoms with E-state index >= 15 is 0 Å². The van der Waals surface area contributed by atoms with Crippen LogP contribution in [0.2, 0.25) is 0 Å². The monoisotopic (exact) mass is 311 g/mol. The summed E-state index contributed by atoms with van der Waals surface area (Å²) in [6.07, 6.45) is 0. The van der Waals surface area contributed by atoms with Crippen molar-refractivity contribution >= 4 is 11.0 Å². The van der Waals surface area contributed by atoms with Crippen LogP contribution in [0.5, 0.6) is 0 Å². The molecule has 0 radical (unpaired) electrons. The number of para-hydroxylation sites is 1. The van der Waals surface area contributed by atoms with Gasteiger partial charge in [0, 0.05) is 5.56 Å². The zero-order valence-corrected chi connectivity index (χ0v) is 13.4. The molecule has 4 aromatic rings. The van der Waals surface area contributed by atoms with E-state index in [0.29, 0.717) is 0 Å². The number of aryl methyl sites for hydroxylation is 1. The molecule has 0 amide bonds. The summed E-state index contributed by atoms with van der Waals surface area (Å²) in [7, 11) is 0. The number of nitrogens with zero attached hydrogens (tertiary/aromatic N) is 1. The lowest BCUT2D eigenvalue weighted by atomic mass is 9.99. The smallest absolute Gasteiger partial charge is 0.139 e. The molecule has 24 heavy (non-hydrogen) atoms. The Morgan fingerprint density at radius 2 is 1.62 bits per heavy atom. The third-order valence-electron chi connectivity index (χ3n) is 4.97. The van der Waals surface area contributed by atoms with Crippen LogP contribution in [0.25, 0.3) is 33.5 Å². The normalized spacial score (nSPS) is 15.5. The van der Waals surface area contributed by atoms with E-state index in [1.807, 2.05) is 0 Å². The zero-order chi connectivity index (χ0) is 16.3. The fourth-order valence-electron chi connectivity index (χ4n) is 3.79. The second-order valence-corrected chi connectivity index (χ2v) is 6.39. The van der Waals surface area contributed by atoms with E-state index < -0.39 is 0 Å². The second kappa shape index (κ2) is 4.79. The number of hydrogen-bond donors (Lipinski definition) is 2. The maximum Gasteiger partial charge on any atom is 0.139 e. The third-order valence-corrected chi connectivity index (χ3v) is 4.97. The van der Waals surface area contributed by atoms with Gasteiger partial charge in [-0.2, -0.15) is 0 Å². The number of aromatic nitrogens is 2. The number of aromatic amines is 1. The van der Waals surface area contributed by atoms with Crippen molar-refractivity contribution in [2.45, 2.75) is 13.0 Å². The molecule has 0 spiro atoms. The molecule has 1 aliphatic carbocycles. The van der Waals surface area contributed by atoms with Crippen molar-refractivity contribution in [3.63, 3.8) is 0 Å². The highest BCUT2D eigenvalue weighted by molar-refractivity contribution is 5.92. The third kappa shape index (κ3) is 1.73. The highest BCUT2D eigenvalue weighted by atomic mass is 14.9. The minimum absolute atomic E-state index is 0.0673. The molecule has 1 unspecified atom stereocenters. The molecule has 0 fully saturated rings. The SMILES string of the molecule is Cc1cccc2[nH]c(-c3cccc4c3-c3ccccc3C4N)nc12. The summed E-state index contributed by atoms with van der Waals surface area (Å²) in [5.74, 6) is 0.903. The predicted octanol–water partition coefficient (Wildman–Crippen LogP) is 4.57. The summed E-state index contributed by atoms with van der Waals surface area (Å²) >= 11 is 0. The molecule has 0 bridgehead atoms. The van der Waals surface area contributed by atoms with Crippen LogP contribution in [0.4, 0.5) is 0 Å². The summed E-state index contributed by atoms with van der Waals surface area (Å²) in [5.41, 5.74) is 15.6. The van der Waals surface area contributed by atoms with Crippen molar-refractivity contribution in [3.05, 3.63) is 77.4 Å². The molecular formula is C21H17N3. The largest absolute Gasteiger partial charge is 0.338 e. The van der Waals surface area contributed by atoms with E-state index in [1.54, 1.807) is 0 Å². The molecule has 5 rings (SSSR count). The van der Waals surface area contributed by atoms with Crippen LogP contribution in [0, 0.1) is 6.92 Å². The summed E-state index contributed by atoms with van der Waals surface area (Å²) in [5, 5.41) is 0. The zero-order valence-electron chi connectivity index (χ0n) is 13.4. The Morgan fingerprint density at radius 3 is 2.50 bits per heavy atom. The minimum Gasteiger partial charge on any atom is -0.338 e. The first-order chi connectivity index (χ1) is 11.7. The summed E-state index contributed by atoms with van der Waals surface area (Å²) < 4.78 is 0. The Balaban J connectivity index is 1.81. The Bertz CT molecular complexity index is 1090. The number of imidazole rings is 1. The molecule has 3 heteroatoms. The molecule has 1 atom stereocenters. The lowest BCUT2D eigenvalue weighted by Crippen LogP contribution is -2.07. The molecule has 1 heterocycles. The first-order valence-electron chi connectivity index (χ1n) is 8.17. The standard InChI is InChI=1S/C21H17N3/c1-12-6-4-11-17-20(12)24-21(23-17)16-10-5-9-15-18(16)13-7-2-3-8-14(13)19(15)22/h2-11,19H,22H2,1H3,(H,23,24). The average molecular weight is 311 g/mol. The fraction of sp³-hybridized carbons (Fsp3) is 0.0952. The molecule has 1 aromatic heterocycles. The number of benzene rings is 3. The van der Waals surface area contributed by atoms with Crippen LogP contribution in [0.3, 0.4) is 0 Å². The van der Waals surface area contributed by atoms with Crippen LogP contribution < -0.4 is 5.73 Å². The molecule has 0 saturated carbocycles. The number of nitrogens with two attached hydrogens (primary N) is 1. The molecule has 0 saturated heterocycles. The van der Waals surface area contributed by atoms with E-state index in [0.717, 1.165) is 22.4 Å². The van der Waals surface area contributed by atoms with Crippen LogP contribution >= 0.6 is 0 Å². The van der Waals surface area contributed by atoms with Crippen molar-refractivity contribution in [1.82, 2.24) is 9.97 Å². The van der Waals surface area contributed by atoms with Gasteiger partial charge in [0.2, 0.25) is 0 Å². The Kier molecular flexibility index (Phi) is 2.70. The first-order valence-corrected chi connectivity index (χ1v) is 8.17. The van der Waals surface area contributed by atoms with E-state index in [9.17, 15) is 0 Å². The van der Waals surface area contributed by atoms with E-state index in [2.05, 4.69) is 72.6 Å². The minimum atomic E-state index is -0.0673. The van der Waals surface area contributed by atoms with Crippen LogP contribution in [0.1, 0.15) is 22.7 Å². The van der Waals surface area contributed by atoms with Crippen molar-refractivity contribution in [2.24, 2.45) is 5.73 Å². The van der Waals surface area contributed by atoms with Gasteiger partial charge in [0.05, 0.1) is 17.1 Å². The lowest BCUT2D eigenvalue weighted by Gasteiger charge is -2.08. The number of nitrogens with one attached hydrogen (secondary N) is 1. The van der Waals surface area contributed by atoms with Gasteiger partial charge in [-0.15, -0.1) is 0 Å². The van der Waals surface area contributed by atoms with Crippen molar-refractivity contribution in [1.29, 1.82) is 0 Å². The Morgan fingerprint density at radius 1 is 0.875 bits per heavy atom. The van der Waals surface area contributed by atoms with Gasteiger partial charge in [0.1, 0.15) is 5.82 Å². The molecule has 3 aromatic carbocycles. The predicted molar refractivity (Wildman–Crippen MR) is 97.7 cm³/mol. The van der Waals surface area contributed by atoms with Crippen molar-refractivity contribution in [3.8, 4) is 22.5 Å². The lowest BCUT2D eigenvalue weighted by molar-refractivity contribution is 0.901. The molecule has 3 nitrogen and oxygen atoms in total. The van der Waals surface area contributed by atoms with Crippen LogP contribution in [-0.4, -0.2) is 9.97 Å². The maximum absolute atomic E-state index is 6.47. The topological polar surface area (TPSA) is 54.7 Å². The van der Waals surface area contributed by atoms with E-state index in [4.69, 9.17) is 10.7 Å². The van der Waals surface area contributed by atoms with E-state index in [1.165, 1.54) is 27.8 Å². The summed E-state index contributed by atoms with van der Waals surface area (Å²) in [4.78, 5) is 8.34. The Hall–Kier alpha value is -2.91. The quantitative estimate of drug-likeness (QED) is 0.541. The van der Waals surface area contributed by atoms with Gasteiger partial charge in [-0.1, -0.05) is 54.6 Å². The first kappa shape index (κ1) is 13.5. The summed E-state index contributed by atoms with van der Waals surface area (Å²) in [6, 6.07) is 20.9. The van der Waals surface area contributed by atoms with Gasteiger partial charge >= 0.3 is 0 Å². The Labute approximate surface area is 140 Å². The number of H-pyrrole nitrogens is 1. The van der Waals surface area contributed by atoms with Crippen molar-refractivity contribution in [2.75, 3.05) is 0 Å². The summed E-state index contributed by atoms with van der Waals surface area (Å²) in [6.45, 7) is 2.09. The van der Waals surface area contributed by atoms with Crippen molar-refractivity contribution < 1.29 is 0 Å². The van der Waals surface area contributed by atoms with Crippen LogP contribution in [-0.2, 0) is 0 Å². The van der Waals surface area contributed by atoms with Gasteiger partial charge < -0.3 is 10.7 Å². The fourth-order valence-corrected chi connectivity index (χ4v) is 3.79. The number of rotatable bonds is 1. The van der Waals surface area contributed by atoms with Crippen LogP contribution in [0.15, 0.2) is 60.7 Å². The second-order valence-electron chi connectivity index (χ2n) is 6.39. The average Bonchev–Trinajstić information content (AvgIpc) is 3.17. The van der Waals surface area contributed by atoms with Gasteiger partial charge in [-0.05, 0) is 40.8 Å². The molecule has 116 valence electrons. The molecule has 1 aliphatic rings. The molecule has 0 aliphatic heterocycles. The van der Waals surface area contributed by atoms with Gasteiger partial charge in [0.25, 0.3) is 0 Å². The number of fused-ring (bicyclic) bond motifs is 4. The van der Waals surface area contributed by atoms with Gasteiger partial charge in [-0.3, -0.25) is 0 Å². The maximum atomic E-state index is 6.47. The highest BCUT2D eigenvalue weighted by Crippen LogP contribution is 2.46. The van der Waals surface area contributed by atoms with Gasteiger partial charge in [0.15, 0.2) is 0 Å². The highest BCUT2D eigenvalue weighted by Gasteiger charge is 2.28. The van der Waals surface area contributed by atoms with E-state index in [-0.39, 0.29) is 6.04 Å².